The highest BCUT2D eigenvalue weighted by Crippen LogP contribution is 2.17. The van der Waals surface area contributed by atoms with Crippen LogP contribution in [0.5, 0.6) is 5.75 Å². The molecule has 0 fully saturated rings. The zero-order valence-corrected chi connectivity index (χ0v) is 11.8. The molecule has 1 amide bonds. The first-order chi connectivity index (χ1) is 10.5. The van der Waals surface area contributed by atoms with Crippen molar-refractivity contribution < 1.29 is 23.4 Å². The van der Waals surface area contributed by atoms with E-state index in [9.17, 15) is 18.7 Å². The Labute approximate surface area is 126 Å². The molecule has 0 aliphatic heterocycles. The molecule has 2 N–H and O–H groups in total. The Morgan fingerprint density at radius 2 is 2.05 bits per heavy atom. The predicted molar refractivity (Wildman–Crippen MR) is 76.6 cm³/mol. The van der Waals surface area contributed by atoms with Crippen molar-refractivity contribution in [1.82, 2.24) is 5.32 Å². The number of methoxy groups -OCH3 is 1. The van der Waals surface area contributed by atoms with Gasteiger partial charge in [-0.3, -0.25) is 4.79 Å². The maximum atomic E-state index is 13.7. The van der Waals surface area contributed by atoms with E-state index in [1.807, 2.05) is 0 Å². The summed E-state index contributed by atoms with van der Waals surface area (Å²) in [7, 11) is 1.39. The monoisotopic (exact) mass is 307 g/mol. The summed E-state index contributed by atoms with van der Waals surface area (Å²) in [5, 5.41) is 12.3. The standard InChI is InChI=1S/C16H15F2NO3/c1-22-12-5-6-13(14(18)8-12)16(21)19-9-15(20)10-3-2-4-11(17)7-10/h2-8,15,20H,9H2,1H3,(H,19,21). The Bertz CT molecular complexity index is 676. The number of rotatable bonds is 5. The molecule has 0 aliphatic rings. The van der Waals surface area contributed by atoms with Crippen LogP contribution in [0.2, 0.25) is 0 Å². The van der Waals surface area contributed by atoms with E-state index in [-0.39, 0.29) is 12.1 Å². The van der Waals surface area contributed by atoms with Crippen LogP contribution in [-0.2, 0) is 0 Å². The lowest BCUT2D eigenvalue weighted by atomic mass is 10.1. The molecule has 0 spiro atoms. The van der Waals surface area contributed by atoms with Gasteiger partial charge >= 0.3 is 0 Å². The number of halogens is 2. The van der Waals surface area contributed by atoms with Crippen molar-refractivity contribution in [2.24, 2.45) is 0 Å². The van der Waals surface area contributed by atoms with Crippen molar-refractivity contribution >= 4 is 5.91 Å². The van der Waals surface area contributed by atoms with Crippen LogP contribution in [0.4, 0.5) is 8.78 Å². The van der Waals surface area contributed by atoms with Gasteiger partial charge in [0.05, 0.1) is 18.8 Å². The summed E-state index contributed by atoms with van der Waals surface area (Å²) in [6, 6.07) is 9.26. The van der Waals surface area contributed by atoms with Gasteiger partial charge in [0.15, 0.2) is 0 Å². The van der Waals surface area contributed by atoms with Crippen LogP contribution >= 0.6 is 0 Å². The lowest BCUT2D eigenvalue weighted by molar-refractivity contribution is 0.0912. The van der Waals surface area contributed by atoms with Gasteiger partial charge in [-0.15, -0.1) is 0 Å². The van der Waals surface area contributed by atoms with E-state index < -0.39 is 23.6 Å². The van der Waals surface area contributed by atoms with E-state index in [0.717, 1.165) is 6.07 Å². The molecule has 0 saturated heterocycles. The summed E-state index contributed by atoms with van der Waals surface area (Å²) in [6.07, 6.45) is -1.08. The van der Waals surface area contributed by atoms with Gasteiger partial charge in [-0.25, -0.2) is 8.78 Å². The number of aliphatic hydroxyl groups excluding tert-OH is 1. The molecule has 0 saturated carbocycles. The summed E-state index contributed by atoms with van der Waals surface area (Å²) in [5.74, 6) is -1.58. The van der Waals surface area contributed by atoms with Gasteiger partial charge in [-0.2, -0.15) is 0 Å². The molecular formula is C16H15F2NO3. The zero-order chi connectivity index (χ0) is 16.1. The van der Waals surface area contributed by atoms with Crippen molar-refractivity contribution in [3.8, 4) is 5.75 Å². The summed E-state index contributed by atoms with van der Waals surface area (Å²) >= 11 is 0. The number of hydrogen-bond donors (Lipinski definition) is 2. The highest BCUT2D eigenvalue weighted by Gasteiger charge is 2.15. The normalized spacial score (nSPS) is 11.8. The molecule has 6 heteroatoms. The number of amides is 1. The summed E-state index contributed by atoms with van der Waals surface area (Å²) in [5.41, 5.74) is 0.169. The fraction of sp³-hybridized carbons (Fsp3) is 0.188. The van der Waals surface area contributed by atoms with E-state index in [1.165, 1.54) is 43.5 Å². The van der Waals surface area contributed by atoms with Gasteiger partial charge in [-0.1, -0.05) is 12.1 Å². The Morgan fingerprint density at radius 3 is 2.68 bits per heavy atom. The van der Waals surface area contributed by atoms with E-state index in [2.05, 4.69) is 5.32 Å². The third kappa shape index (κ3) is 3.79. The summed E-state index contributed by atoms with van der Waals surface area (Å²) in [4.78, 5) is 11.9. The fourth-order valence-corrected chi connectivity index (χ4v) is 1.92. The van der Waals surface area contributed by atoms with E-state index in [1.54, 1.807) is 0 Å². The van der Waals surface area contributed by atoms with Crippen LogP contribution in [0.3, 0.4) is 0 Å². The SMILES string of the molecule is COc1ccc(C(=O)NCC(O)c2cccc(F)c2)c(F)c1. The molecule has 0 aromatic heterocycles. The molecule has 2 rings (SSSR count). The lowest BCUT2D eigenvalue weighted by Gasteiger charge is -2.13. The second kappa shape index (κ2) is 7.00. The largest absolute Gasteiger partial charge is 0.497 e. The third-order valence-corrected chi connectivity index (χ3v) is 3.11. The van der Waals surface area contributed by atoms with Crippen molar-refractivity contribution in [2.75, 3.05) is 13.7 Å². The second-order valence-electron chi connectivity index (χ2n) is 4.63. The van der Waals surface area contributed by atoms with Gasteiger partial charge in [-0.05, 0) is 29.8 Å². The third-order valence-electron chi connectivity index (χ3n) is 3.11. The second-order valence-corrected chi connectivity index (χ2v) is 4.63. The van der Waals surface area contributed by atoms with E-state index in [0.29, 0.717) is 11.3 Å². The molecule has 116 valence electrons. The first kappa shape index (κ1) is 15.9. The van der Waals surface area contributed by atoms with Gasteiger partial charge in [0.2, 0.25) is 0 Å². The fourth-order valence-electron chi connectivity index (χ4n) is 1.92. The number of carbonyl (C=O) groups excluding carboxylic acids is 1. The molecule has 2 aromatic rings. The van der Waals surface area contributed by atoms with Crippen LogP contribution < -0.4 is 10.1 Å². The first-order valence-electron chi connectivity index (χ1n) is 6.56. The average molecular weight is 307 g/mol. The molecule has 1 atom stereocenters. The smallest absolute Gasteiger partial charge is 0.254 e. The van der Waals surface area contributed by atoms with Crippen molar-refractivity contribution in [1.29, 1.82) is 0 Å². The molecule has 4 nitrogen and oxygen atoms in total. The maximum absolute atomic E-state index is 13.7. The lowest BCUT2D eigenvalue weighted by Crippen LogP contribution is -2.29. The quantitative estimate of drug-likeness (QED) is 0.892. The topological polar surface area (TPSA) is 58.6 Å². The number of nitrogens with one attached hydrogen (secondary N) is 1. The summed E-state index contributed by atoms with van der Waals surface area (Å²) in [6.45, 7) is -0.159. The maximum Gasteiger partial charge on any atom is 0.254 e. The minimum Gasteiger partial charge on any atom is -0.497 e. The van der Waals surface area contributed by atoms with Crippen LogP contribution in [0.15, 0.2) is 42.5 Å². The number of carbonyl (C=O) groups is 1. The van der Waals surface area contributed by atoms with Crippen LogP contribution in [0.25, 0.3) is 0 Å². The Morgan fingerprint density at radius 1 is 1.27 bits per heavy atom. The average Bonchev–Trinajstić information content (AvgIpc) is 2.52. The summed E-state index contributed by atoms with van der Waals surface area (Å²) < 4.78 is 31.6. The molecule has 0 heterocycles. The Balaban J connectivity index is 2.00. The molecule has 1 unspecified atom stereocenters. The molecule has 2 aromatic carbocycles. The van der Waals surface area contributed by atoms with Gasteiger partial charge in [0.1, 0.15) is 17.4 Å². The number of aliphatic hydroxyl groups is 1. The number of ether oxygens (including phenoxy) is 1. The number of hydrogen-bond acceptors (Lipinski definition) is 3. The van der Waals surface area contributed by atoms with E-state index in [4.69, 9.17) is 4.74 Å². The van der Waals surface area contributed by atoms with E-state index >= 15 is 0 Å². The van der Waals surface area contributed by atoms with Gasteiger partial charge in [0, 0.05) is 12.6 Å². The molecular weight excluding hydrogens is 292 g/mol. The highest BCUT2D eigenvalue weighted by atomic mass is 19.1. The van der Waals surface area contributed by atoms with Crippen LogP contribution in [0, 0.1) is 11.6 Å². The van der Waals surface area contributed by atoms with Crippen LogP contribution in [-0.4, -0.2) is 24.7 Å². The van der Waals surface area contributed by atoms with Crippen LogP contribution in [0.1, 0.15) is 22.0 Å². The Hall–Kier alpha value is -2.47. The minimum absolute atomic E-state index is 0.159. The molecule has 22 heavy (non-hydrogen) atoms. The van der Waals surface area contributed by atoms with Gasteiger partial charge in [0.25, 0.3) is 5.91 Å². The van der Waals surface area contributed by atoms with Gasteiger partial charge < -0.3 is 15.2 Å². The molecule has 0 radical (unpaired) electrons. The number of benzene rings is 2. The van der Waals surface area contributed by atoms with Crippen molar-refractivity contribution in [2.45, 2.75) is 6.10 Å². The molecule has 0 bridgehead atoms. The van der Waals surface area contributed by atoms with Crippen molar-refractivity contribution in [3.05, 3.63) is 65.2 Å². The molecule has 0 aliphatic carbocycles. The minimum atomic E-state index is -1.08. The zero-order valence-electron chi connectivity index (χ0n) is 11.8. The highest BCUT2D eigenvalue weighted by molar-refractivity contribution is 5.94. The predicted octanol–water partition coefficient (Wildman–Crippen LogP) is 2.44. The first-order valence-corrected chi connectivity index (χ1v) is 6.56. The van der Waals surface area contributed by atoms with Crippen molar-refractivity contribution in [3.63, 3.8) is 0 Å². The Kier molecular flexibility index (Phi) is 5.06.